The Morgan fingerprint density at radius 1 is 0.412 bits per heavy atom. The first-order valence-electron chi connectivity index (χ1n) is 18.1. The van der Waals surface area contributed by atoms with Gasteiger partial charge in [0, 0.05) is 37.3 Å². The number of aliphatic hydroxyl groups excluding tert-OH is 2. The monoisotopic (exact) mass is 754 g/mol. The molecule has 0 amide bonds. The average Bonchev–Trinajstić information content (AvgIpc) is 3.11. The van der Waals surface area contributed by atoms with Crippen LogP contribution < -0.4 is 9.80 Å². The van der Waals surface area contributed by atoms with Crippen molar-refractivity contribution in [3.05, 3.63) is 131 Å². The van der Waals surface area contributed by atoms with Gasteiger partial charge in [0.25, 0.3) is 0 Å². The quantitative estimate of drug-likeness (QED) is 0.129. The summed E-state index contributed by atoms with van der Waals surface area (Å²) < 4.78 is 0. The Bertz CT molecular complexity index is 1930. The molecule has 0 saturated carbocycles. The summed E-state index contributed by atoms with van der Waals surface area (Å²) >= 11 is 0. The molecule has 0 unspecified atom stereocenters. The summed E-state index contributed by atoms with van der Waals surface area (Å²) in [5.41, 5.74) is 10.8. The molecule has 0 heterocycles. The van der Waals surface area contributed by atoms with E-state index in [-0.39, 0.29) is 63.3 Å². The molecule has 0 atom stereocenters. The van der Waals surface area contributed by atoms with Gasteiger partial charge in [-0.3, -0.25) is 0 Å². The van der Waals surface area contributed by atoms with Gasteiger partial charge in [0.1, 0.15) is 13.5 Å². The van der Waals surface area contributed by atoms with Crippen LogP contribution >= 0.6 is 0 Å². The first-order valence-corrected chi connectivity index (χ1v) is 18.1. The van der Waals surface area contributed by atoms with Crippen LogP contribution in [0, 0.1) is 0 Å². The second-order valence-corrected chi connectivity index (χ2v) is 14.7. The van der Waals surface area contributed by atoms with E-state index in [0.717, 1.165) is 55.4 Å². The molecule has 0 aromatic heterocycles. The molecule has 4 nitrogen and oxygen atoms in total. The van der Waals surface area contributed by atoms with E-state index in [1.807, 2.05) is 0 Å². The maximum atomic E-state index is 11.5. The molecule has 0 bridgehead atoms. The SMILES string of the molecule is CC(C)c1cccc(C(C)C)c1N(CO)c1ccc2ccccc2c1-c1c(N(CO)c2c(C(C)C)cccc2C(C)C)ccc2ccccc12.[Zr]. The fourth-order valence-electron chi connectivity index (χ4n) is 7.68. The number of rotatable bonds is 11. The van der Waals surface area contributed by atoms with Crippen molar-refractivity contribution in [1.82, 2.24) is 0 Å². The maximum Gasteiger partial charge on any atom is 0.120 e. The first-order chi connectivity index (χ1) is 24.1. The minimum Gasteiger partial charge on any atom is -0.376 e. The Balaban J connectivity index is 0.00000504. The molecule has 0 aliphatic heterocycles. The van der Waals surface area contributed by atoms with Gasteiger partial charge in [-0.15, -0.1) is 0 Å². The first kappa shape index (κ1) is 38.5. The Morgan fingerprint density at radius 2 is 0.725 bits per heavy atom. The molecule has 0 spiro atoms. The van der Waals surface area contributed by atoms with E-state index < -0.39 is 0 Å². The number of nitrogens with zero attached hydrogens (tertiary/aromatic N) is 2. The van der Waals surface area contributed by atoms with Crippen molar-refractivity contribution >= 4 is 44.3 Å². The van der Waals surface area contributed by atoms with Crippen LogP contribution in [0.1, 0.15) is 101 Å². The van der Waals surface area contributed by atoms with Gasteiger partial charge >= 0.3 is 0 Å². The molecule has 6 rings (SSSR count). The van der Waals surface area contributed by atoms with Gasteiger partial charge in [-0.1, -0.05) is 152 Å². The van der Waals surface area contributed by atoms with E-state index >= 15 is 0 Å². The summed E-state index contributed by atoms with van der Waals surface area (Å²) in [5.74, 6) is 1.01. The fourth-order valence-corrected chi connectivity index (χ4v) is 7.68. The maximum absolute atomic E-state index is 11.5. The minimum atomic E-state index is -0.188. The summed E-state index contributed by atoms with van der Waals surface area (Å²) in [6, 6.07) is 38.8. The number of benzene rings is 6. The second-order valence-electron chi connectivity index (χ2n) is 14.7. The number of para-hydroxylation sites is 2. The fraction of sp³-hybridized carbons (Fsp3) is 0.304. The average molecular weight is 756 g/mol. The molecule has 51 heavy (non-hydrogen) atoms. The van der Waals surface area contributed by atoms with Crippen molar-refractivity contribution in [2.75, 3.05) is 23.3 Å². The molecule has 6 aromatic rings. The zero-order valence-electron chi connectivity index (χ0n) is 31.4. The summed E-state index contributed by atoms with van der Waals surface area (Å²) in [6.07, 6.45) is 0. The van der Waals surface area contributed by atoms with Gasteiger partial charge in [-0.2, -0.15) is 0 Å². The molecule has 2 N–H and O–H groups in total. The number of aliphatic hydroxyl groups is 2. The molecule has 0 fully saturated rings. The molecule has 0 saturated heterocycles. The Labute approximate surface area is 323 Å². The summed E-state index contributed by atoms with van der Waals surface area (Å²) in [6.45, 7) is 17.4. The summed E-state index contributed by atoms with van der Waals surface area (Å²) in [7, 11) is 0. The number of fused-ring (bicyclic) bond motifs is 2. The molecule has 262 valence electrons. The van der Waals surface area contributed by atoms with Crippen LogP contribution in [0.4, 0.5) is 22.7 Å². The number of hydrogen-bond donors (Lipinski definition) is 2. The van der Waals surface area contributed by atoms with E-state index in [4.69, 9.17) is 0 Å². The minimum absolute atomic E-state index is 0. The van der Waals surface area contributed by atoms with Crippen LogP contribution in [0.5, 0.6) is 0 Å². The number of anilines is 4. The predicted molar refractivity (Wildman–Crippen MR) is 215 cm³/mol. The number of hydrogen-bond acceptors (Lipinski definition) is 4. The van der Waals surface area contributed by atoms with Gasteiger partial charge in [0.05, 0.1) is 22.7 Å². The summed E-state index contributed by atoms with van der Waals surface area (Å²) in [4.78, 5) is 4.23. The van der Waals surface area contributed by atoms with E-state index in [1.54, 1.807) is 0 Å². The second kappa shape index (κ2) is 16.3. The van der Waals surface area contributed by atoms with Crippen molar-refractivity contribution in [1.29, 1.82) is 0 Å². The van der Waals surface area contributed by atoms with Gasteiger partial charge < -0.3 is 20.0 Å². The standard InChI is InChI=1S/C46H52N2O2.Zr/c1-29(2)35-19-13-20-36(30(3)4)45(35)47(27-49)41-25-23-33-15-9-11-17-39(33)43(41)44-40-18-12-10-16-34(40)24-26-42(44)48(28-50)46-37(31(5)6)21-14-22-38(46)32(7)8;/h9-26,29-32,49-50H,27-28H2,1-8H3;. The van der Waals surface area contributed by atoms with Gasteiger partial charge in [0.15, 0.2) is 0 Å². The van der Waals surface area contributed by atoms with E-state index in [0.29, 0.717) is 0 Å². The molecule has 0 radical (unpaired) electrons. The third-order valence-electron chi connectivity index (χ3n) is 10.2. The zero-order valence-corrected chi connectivity index (χ0v) is 33.9. The van der Waals surface area contributed by atoms with Gasteiger partial charge in [-0.05, 0) is 79.6 Å². The zero-order chi connectivity index (χ0) is 35.7. The van der Waals surface area contributed by atoms with Crippen molar-refractivity contribution < 1.29 is 36.4 Å². The van der Waals surface area contributed by atoms with Crippen molar-refractivity contribution in [3.8, 4) is 11.1 Å². The molecule has 0 aliphatic rings. The molecule has 0 aliphatic carbocycles. The molecule has 5 heteroatoms. The smallest absolute Gasteiger partial charge is 0.120 e. The molecular formula is C46H52N2O2Zr. The van der Waals surface area contributed by atoms with Crippen molar-refractivity contribution in [2.45, 2.75) is 79.1 Å². The van der Waals surface area contributed by atoms with Crippen LogP contribution in [-0.4, -0.2) is 23.7 Å². The largest absolute Gasteiger partial charge is 0.376 e. The third kappa shape index (κ3) is 7.18. The summed E-state index contributed by atoms with van der Waals surface area (Å²) in [5, 5.41) is 27.4. The van der Waals surface area contributed by atoms with Crippen LogP contribution in [-0.2, 0) is 26.2 Å². The predicted octanol–water partition coefficient (Wildman–Crippen LogP) is 12.3. The van der Waals surface area contributed by atoms with Crippen LogP contribution in [0.15, 0.2) is 109 Å². The Kier molecular flexibility index (Phi) is 12.3. The third-order valence-corrected chi connectivity index (χ3v) is 10.2. The topological polar surface area (TPSA) is 46.9 Å². The van der Waals surface area contributed by atoms with E-state index in [1.165, 1.54) is 22.3 Å². The van der Waals surface area contributed by atoms with E-state index in [9.17, 15) is 10.2 Å². The van der Waals surface area contributed by atoms with Crippen LogP contribution in [0.2, 0.25) is 0 Å². The molecule has 6 aromatic carbocycles. The Morgan fingerprint density at radius 3 is 1.02 bits per heavy atom. The van der Waals surface area contributed by atoms with Crippen molar-refractivity contribution in [2.24, 2.45) is 0 Å². The normalized spacial score (nSPS) is 11.6. The van der Waals surface area contributed by atoms with Gasteiger partial charge in [-0.25, -0.2) is 0 Å². The van der Waals surface area contributed by atoms with Crippen LogP contribution in [0.25, 0.3) is 32.7 Å². The van der Waals surface area contributed by atoms with E-state index in [2.05, 4.69) is 174 Å². The van der Waals surface area contributed by atoms with Crippen molar-refractivity contribution in [3.63, 3.8) is 0 Å². The van der Waals surface area contributed by atoms with Gasteiger partial charge in [0.2, 0.25) is 0 Å². The van der Waals surface area contributed by atoms with Crippen LogP contribution in [0.3, 0.4) is 0 Å². The Hall–Kier alpha value is -3.76. The molecular weight excluding hydrogens is 704 g/mol.